The standard InChI is InChI=1S/C11H14N2OS/c1-13(15-8-7-12)10-14-9-11-5-3-2-4-6-11/h2-6H,8-10H2,1H3. The summed E-state index contributed by atoms with van der Waals surface area (Å²) in [5, 5.41) is 8.38. The molecule has 80 valence electrons. The topological polar surface area (TPSA) is 36.3 Å². The van der Waals surface area contributed by atoms with Gasteiger partial charge in [0.15, 0.2) is 0 Å². The van der Waals surface area contributed by atoms with Crippen LogP contribution >= 0.6 is 11.9 Å². The van der Waals surface area contributed by atoms with E-state index in [-0.39, 0.29) is 0 Å². The van der Waals surface area contributed by atoms with Gasteiger partial charge in [-0.3, -0.25) is 0 Å². The Balaban J connectivity index is 2.14. The zero-order chi connectivity index (χ0) is 10.9. The number of hydrogen-bond donors (Lipinski definition) is 0. The van der Waals surface area contributed by atoms with Crippen LogP contribution in [0.1, 0.15) is 5.56 Å². The number of rotatable bonds is 6. The Labute approximate surface area is 94.8 Å². The molecule has 0 N–H and O–H groups in total. The largest absolute Gasteiger partial charge is 0.361 e. The molecule has 0 aliphatic heterocycles. The molecule has 0 atom stereocenters. The van der Waals surface area contributed by atoms with Crippen molar-refractivity contribution in [3.05, 3.63) is 35.9 Å². The molecular weight excluding hydrogens is 208 g/mol. The first-order chi connectivity index (χ1) is 7.33. The van der Waals surface area contributed by atoms with Gasteiger partial charge in [0.05, 0.1) is 18.4 Å². The molecule has 0 bridgehead atoms. The summed E-state index contributed by atoms with van der Waals surface area (Å²) in [6, 6.07) is 12.1. The molecule has 0 heterocycles. The predicted octanol–water partition coefficient (Wildman–Crippen LogP) is 2.26. The van der Waals surface area contributed by atoms with Crippen molar-refractivity contribution >= 4 is 11.9 Å². The molecule has 4 heteroatoms. The minimum absolute atomic E-state index is 0.463. The first kappa shape index (κ1) is 12.1. The van der Waals surface area contributed by atoms with Crippen LogP contribution in [0.15, 0.2) is 30.3 Å². The molecule has 3 nitrogen and oxygen atoms in total. The van der Waals surface area contributed by atoms with Gasteiger partial charge in [0.2, 0.25) is 0 Å². The maximum atomic E-state index is 8.38. The molecule has 1 rings (SSSR count). The lowest BCUT2D eigenvalue weighted by atomic mass is 10.2. The van der Waals surface area contributed by atoms with E-state index in [0.717, 1.165) is 5.56 Å². The van der Waals surface area contributed by atoms with E-state index in [1.165, 1.54) is 11.9 Å². The lowest BCUT2D eigenvalue weighted by molar-refractivity contribution is 0.0737. The molecule has 1 aromatic rings. The summed E-state index contributed by atoms with van der Waals surface area (Å²) in [5.74, 6) is 0.463. The fourth-order valence-electron chi connectivity index (χ4n) is 1.04. The zero-order valence-electron chi connectivity index (χ0n) is 8.72. The fourth-order valence-corrected chi connectivity index (χ4v) is 1.47. The monoisotopic (exact) mass is 222 g/mol. The van der Waals surface area contributed by atoms with Crippen molar-refractivity contribution in [2.45, 2.75) is 6.61 Å². The van der Waals surface area contributed by atoms with Gasteiger partial charge in [0, 0.05) is 0 Å². The molecule has 0 fully saturated rings. The van der Waals surface area contributed by atoms with Gasteiger partial charge in [0.25, 0.3) is 0 Å². The van der Waals surface area contributed by atoms with E-state index in [4.69, 9.17) is 10.00 Å². The summed E-state index contributed by atoms with van der Waals surface area (Å²) in [6.07, 6.45) is 0. The Hall–Kier alpha value is -1.02. The third-order valence-electron chi connectivity index (χ3n) is 1.73. The Morgan fingerprint density at radius 2 is 2.13 bits per heavy atom. The minimum Gasteiger partial charge on any atom is -0.361 e. The van der Waals surface area contributed by atoms with Crippen LogP contribution in [0.2, 0.25) is 0 Å². The van der Waals surface area contributed by atoms with Crippen molar-refractivity contribution < 1.29 is 4.74 Å². The average Bonchev–Trinajstić information content (AvgIpc) is 2.28. The van der Waals surface area contributed by atoms with Gasteiger partial charge < -0.3 is 4.74 Å². The SMILES string of the molecule is CN(COCc1ccccc1)SCC#N. The van der Waals surface area contributed by atoms with E-state index < -0.39 is 0 Å². The smallest absolute Gasteiger partial charge is 0.108 e. The van der Waals surface area contributed by atoms with E-state index in [9.17, 15) is 0 Å². The van der Waals surface area contributed by atoms with Crippen LogP contribution in [-0.2, 0) is 11.3 Å². The highest BCUT2D eigenvalue weighted by Gasteiger charge is 1.98. The highest BCUT2D eigenvalue weighted by molar-refractivity contribution is 7.97. The van der Waals surface area contributed by atoms with Crippen molar-refractivity contribution in [1.29, 1.82) is 5.26 Å². The highest BCUT2D eigenvalue weighted by Crippen LogP contribution is 2.06. The predicted molar refractivity (Wildman–Crippen MR) is 61.9 cm³/mol. The van der Waals surface area contributed by atoms with E-state index in [2.05, 4.69) is 6.07 Å². The van der Waals surface area contributed by atoms with E-state index in [1.807, 2.05) is 41.7 Å². The molecule has 0 aromatic heterocycles. The molecule has 0 aliphatic carbocycles. The van der Waals surface area contributed by atoms with Crippen LogP contribution in [0.4, 0.5) is 0 Å². The summed E-state index contributed by atoms with van der Waals surface area (Å²) >= 11 is 1.46. The normalized spacial score (nSPS) is 10.2. The van der Waals surface area contributed by atoms with Gasteiger partial charge in [0.1, 0.15) is 6.73 Å². The lowest BCUT2D eigenvalue weighted by Crippen LogP contribution is -2.14. The molecule has 0 amide bonds. The summed E-state index contributed by atoms with van der Waals surface area (Å²) in [5.41, 5.74) is 1.16. The van der Waals surface area contributed by atoms with Crippen molar-refractivity contribution in [3.8, 4) is 6.07 Å². The number of ether oxygens (including phenoxy) is 1. The summed E-state index contributed by atoms with van der Waals surface area (Å²) in [7, 11) is 1.91. The van der Waals surface area contributed by atoms with Gasteiger partial charge in [-0.2, -0.15) is 5.26 Å². The Morgan fingerprint density at radius 1 is 1.40 bits per heavy atom. The van der Waals surface area contributed by atoms with Crippen LogP contribution < -0.4 is 0 Å². The van der Waals surface area contributed by atoms with E-state index >= 15 is 0 Å². The molecule has 0 saturated heterocycles. The second kappa shape index (κ2) is 7.30. The van der Waals surface area contributed by atoms with Crippen LogP contribution in [0.5, 0.6) is 0 Å². The van der Waals surface area contributed by atoms with Crippen molar-refractivity contribution in [3.63, 3.8) is 0 Å². The molecule has 1 aromatic carbocycles. The second-order valence-electron chi connectivity index (χ2n) is 3.02. The molecule has 0 unspecified atom stereocenters. The summed E-state index contributed by atoms with van der Waals surface area (Å²) < 4.78 is 7.38. The maximum absolute atomic E-state index is 8.38. The van der Waals surface area contributed by atoms with Gasteiger partial charge in [-0.05, 0) is 12.6 Å². The molecule has 0 saturated carbocycles. The number of nitrogens with zero attached hydrogens (tertiary/aromatic N) is 2. The highest BCUT2D eigenvalue weighted by atomic mass is 32.2. The van der Waals surface area contributed by atoms with Crippen LogP contribution in [0, 0.1) is 11.3 Å². The van der Waals surface area contributed by atoms with Gasteiger partial charge in [-0.15, -0.1) is 0 Å². The van der Waals surface area contributed by atoms with E-state index in [0.29, 0.717) is 19.1 Å². The van der Waals surface area contributed by atoms with E-state index in [1.54, 1.807) is 0 Å². The average molecular weight is 222 g/mol. The van der Waals surface area contributed by atoms with Crippen molar-refractivity contribution in [2.75, 3.05) is 19.5 Å². The van der Waals surface area contributed by atoms with Gasteiger partial charge in [-0.1, -0.05) is 42.3 Å². The lowest BCUT2D eigenvalue weighted by Gasteiger charge is -2.13. The first-order valence-electron chi connectivity index (χ1n) is 4.65. The second-order valence-corrected chi connectivity index (χ2v) is 4.19. The summed E-state index contributed by atoms with van der Waals surface area (Å²) in [6.45, 7) is 1.14. The van der Waals surface area contributed by atoms with Gasteiger partial charge >= 0.3 is 0 Å². The number of nitriles is 1. The Morgan fingerprint density at radius 3 is 2.80 bits per heavy atom. The third-order valence-corrected chi connectivity index (χ3v) is 2.54. The third kappa shape index (κ3) is 5.43. The number of benzene rings is 1. The summed E-state index contributed by atoms with van der Waals surface area (Å²) in [4.78, 5) is 0. The van der Waals surface area contributed by atoms with Gasteiger partial charge in [-0.25, -0.2) is 4.31 Å². The molecule has 0 spiro atoms. The van der Waals surface area contributed by atoms with Crippen molar-refractivity contribution in [1.82, 2.24) is 4.31 Å². The van der Waals surface area contributed by atoms with Crippen LogP contribution in [-0.4, -0.2) is 23.8 Å². The quantitative estimate of drug-likeness (QED) is 0.546. The fraction of sp³-hybridized carbons (Fsp3) is 0.364. The maximum Gasteiger partial charge on any atom is 0.108 e. The van der Waals surface area contributed by atoms with Crippen LogP contribution in [0.25, 0.3) is 0 Å². The van der Waals surface area contributed by atoms with Crippen LogP contribution in [0.3, 0.4) is 0 Å². The molecule has 0 radical (unpaired) electrons. The Bertz CT molecular complexity index is 310. The minimum atomic E-state index is 0.463. The zero-order valence-corrected chi connectivity index (χ0v) is 9.54. The van der Waals surface area contributed by atoms with Crippen molar-refractivity contribution in [2.24, 2.45) is 0 Å². The molecule has 0 aliphatic rings. The first-order valence-corrected chi connectivity index (χ1v) is 5.60. The molecular formula is C11H14N2OS. The Kier molecular flexibility index (Phi) is 5.86. The number of hydrogen-bond acceptors (Lipinski definition) is 4. The molecule has 15 heavy (non-hydrogen) atoms.